The molecule has 0 spiro atoms. The number of nitrogens with one attached hydrogen (secondary N) is 1. The summed E-state index contributed by atoms with van der Waals surface area (Å²) in [5, 5.41) is 3.57. The summed E-state index contributed by atoms with van der Waals surface area (Å²) in [6.45, 7) is 1.51. The molecule has 0 saturated heterocycles. The summed E-state index contributed by atoms with van der Waals surface area (Å²) in [7, 11) is -3.10. The van der Waals surface area contributed by atoms with Crippen LogP contribution in [0.2, 0.25) is 0 Å². The molecule has 5 heteroatoms. The topological polar surface area (TPSA) is 72.2 Å². The van der Waals surface area contributed by atoms with E-state index in [0.717, 1.165) is 18.7 Å². The van der Waals surface area contributed by atoms with Crippen molar-refractivity contribution in [2.24, 2.45) is 11.7 Å². The fraction of sp³-hybridized carbons (Fsp3) is 0.600. The van der Waals surface area contributed by atoms with Crippen LogP contribution in [0.15, 0.2) is 29.2 Å². The maximum Gasteiger partial charge on any atom is 0.175 e. The Hall–Kier alpha value is -0.910. The number of hydrogen-bond donors (Lipinski definition) is 2. The average molecular weight is 296 g/mol. The van der Waals surface area contributed by atoms with Crippen LogP contribution in [0.25, 0.3) is 0 Å². The van der Waals surface area contributed by atoms with Crippen molar-refractivity contribution in [1.29, 1.82) is 0 Å². The fourth-order valence-corrected chi connectivity index (χ4v) is 3.49. The first-order chi connectivity index (χ1) is 9.50. The van der Waals surface area contributed by atoms with Crippen LogP contribution in [0, 0.1) is 5.92 Å². The maximum absolute atomic E-state index is 11.4. The third kappa shape index (κ3) is 4.04. The van der Waals surface area contributed by atoms with E-state index in [1.807, 2.05) is 12.1 Å². The number of hydrogen-bond acceptors (Lipinski definition) is 4. The van der Waals surface area contributed by atoms with Gasteiger partial charge in [-0.1, -0.05) is 25.0 Å². The van der Waals surface area contributed by atoms with Crippen LogP contribution in [-0.4, -0.2) is 27.3 Å². The van der Waals surface area contributed by atoms with Crippen LogP contribution >= 0.6 is 0 Å². The molecule has 1 saturated carbocycles. The van der Waals surface area contributed by atoms with Crippen molar-refractivity contribution in [2.75, 3.05) is 12.8 Å². The smallest absolute Gasteiger partial charge is 0.175 e. The fourth-order valence-electron chi connectivity index (χ4n) is 2.86. The van der Waals surface area contributed by atoms with E-state index >= 15 is 0 Å². The molecule has 1 fully saturated rings. The van der Waals surface area contributed by atoms with Crippen molar-refractivity contribution < 1.29 is 8.42 Å². The van der Waals surface area contributed by atoms with E-state index in [0.29, 0.717) is 16.9 Å². The van der Waals surface area contributed by atoms with Gasteiger partial charge in [-0.05, 0) is 43.0 Å². The van der Waals surface area contributed by atoms with Crippen molar-refractivity contribution in [1.82, 2.24) is 5.32 Å². The molecule has 2 rings (SSSR count). The van der Waals surface area contributed by atoms with E-state index in [2.05, 4.69) is 5.32 Å². The van der Waals surface area contributed by atoms with Crippen molar-refractivity contribution in [3.8, 4) is 0 Å². The SMILES string of the molecule is CS(=O)(=O)c1ccc(CNC2CCCCC2CN)cc1. The van der Waals surface area contributed by atoms with Gasteiger partial charge in [0.1, 0.15) is 0 Å². The van der Waals surface area contributed by atoms with E-state index < -0.39 is 9.84 Å². The Balaban J connectivity index is 1.93. The number of benzene rings is 1. The van der Waals surface area contributed by atoms with Crippen LogP contribution in [-0.2, 0) is 16.4 Å². The van der Waals surface area contributed by atoms with Gasteiger partial charge in [0, 0.05) is 18.8 Å². The van der Waals surface area contributed by atoms with Crippen LogP contribution in [0.5, 0.6) is 0 Å². The molecule has 1 aliphatic rings. The first kappa shape index (κ1) is 15.5. The summed E-state index contributed by atoms with van der Waals surface area (Å²) >= 11 is 0. The lowest BCUT2D eigenvalue weighted by Gasteiger charge is -2.31. The molecule has 0 heterocycles. The van der Waals surface area contributed by atoms with Gasteiger partial charge in [0.25, 0.3) is 0 Å². The normalized spacial score (nSPS) is 23.7. The summed E-state index contributed by atoms with van der Waals surface area (Å²) in [6.07, 6.45) is 6.17. The predicted molar refractivity (Wildman–Crippen MR) is 81.2 cm³/mol. The Morgan fingerprint density at radius 2 is 1.85 bits per heavy atom. The lowest BCUT2D eigenvalue weighted by atomic mass is 9.84. The Kier molecular flexibility index (Phi) is 5.18. The molecule has 1 aromatic rings. The Labute approximate surface area is 121 Å². The molecule has 1 aromatic carbocycles. The lowest BCUT2D eigenvalue weighted by molar-refractivity contribution is 0.267. The summed E-state index contributed by atoms with van der Waals surface area (Å²) in [5.74, 6) is 0.569. The Morgan fingerprint density at radius 1 is 1.20 bits per heavy atom. The standard InChI is InChI=1S/C15H24N2O2S/c1-20(18,19)14-8-6-12(7-9-14)11-17-15-5-3-2-4-13(15)10-16/h6-9,13,15,17H,2-5,10-11,16H2,1H3. The van der Waals surface area contributed by atoms with Gasteiger partial charge in [-0.3, -0.25) is 0 Å². The third-order valence-electron chi connectivity index (χ3n) is 4.13. The van der Waals surface area contributed by atoms with Crippen LogP contribution < -0.4 is 11.1 Å². The van der Waals surface area contributed by atoms with Crippen molar-refractivity contribution >= 4 is 9.84 Å². The molecule has 0 aliphatic heterocycles. The zero-order valence-electron chi connectivity index (χ0n) is 12.0. The van der Waals surface area contributed by atoms with Gasteiger partial charge < -0.3 is 11.1 Å². The molecule has 4 nitrogen and oxygen atoms in total. The molecular formula is C15H24N2O2S. The monoisotopic (exact) mass is 296 g/mol. The molecule has 0 radical (unpaired) electrons. The maximum atomic E-state index is 11.4. The van der Waals surface area contributed by atoms with E-state index in [4.69, 9.17) is 5.73 Å². The molecule has 3 N–H and O–H groups in total. The zero-order valence-corrected chi connectivity index (χ0v) is 12.8. The number of nitrogens with two attached hydrogens (primary N) is 1. The number of sulfone groups is 1. The molecule has 2 unspecified atom stereocenters. The molecule has 0 bridgehead atoms. The van der Waals surface area contributed by atoms with E-state index in [9.17, 15) is 8.42 Å². The Morgan fingerprint density at radius 3 is 2.45 bits per heavy atom. The minimum atomic E-state index is -3.10. The van der Waals surface area contributed by atoms with Crippen molar-refractivity contribution in [3.05, 3.63) is 29.8 Å². The van der Waals surface area contributed by atoms with Gasteiger partial charge in [0.05, 0.1) is 4.90 Å². The lowest BCUT2D eigenvalue weighted by Crippen LogP contribution is -2.41. The van der Waals surface area contributed by atoms with Gasteiger partial charge in [0.15, 0.2) is 9.84 Å². The molecule has 0 amide bonds. The summed E-state index contributed by atoms with van der Waals surface area (Å²) < 4.78 is 22.8. The minimum Gasteiger partial charge on any atom is -0.330 e. The summed E-state index contributed by atoms with van der Waals surface area (Å²) in [4.78, 5) is 0.374. The quantitative estimate of drug-likeness (QED) is 0.867. The van der Waals surface area contributed by atoms with Crippen LogP contribution in [0.4, 0.5) is 0 Å². The Bertz CT molecular complexity index is 525. The zero-order chi connectivity index (χ0) is 14.6. The van der Waals surface area contributed by atoms with Crippen molar-refractivity contribution in [3.63, 3.8) is 0 Å². The summed E-state index contributed by atoms with van der Waals surface area (Å²) in [6, 6.07) is 7.59. The second kappa shape index (κ2) is 6.70. The molecular weight excluding hydrogens is 272 g/mol. The average Bonchev–Trinajstić information content (AvgIpc) is 2.45. The first-order valence-corrected chi connectivity index (χ1v) is 9.12. The first-order valence-electron chi connectivity index (χ1n) is 7.23. The van der Waals surface area contributed by atoms with Crippen LogP contribution in [0.3, 0.4) is 0 Å². The van der Waals surface area contributed by atoms with Gasteiger partial charge in [-0.25, -0.2) is 8.42 Å². The van der Waals surface area contributed by atoms with Gasteiger partial charge in [0.2, 0.25) is 0 Å². The molecule has 1 aliphatic carbocycles. The highest BCUT2D eigenvalue weighted by Gasteiger charge is 2.23. The molecule has 20 heavy (non-hydrogen) atoms. The second-order valence-electron chi connectivity index (χ2n) is 5.68. The minimum absolute atomic E-state index is 0.374. The number of rotatable bonds is 5. The van der Waals surface area contributed by atoms with Gasteiger partial charge >= 0.3 is 0 Å². The predicted octanol–water partition coefficient (Wildman–Crippen LogP) is 1.70. The molecule has 112 valence electrons. The highest BCUT2D eigenvalue weighted by Crippen LogP contribution is 2.23. The van der Waals surface area contributed by atoms with E-state index in [-0.39, 0.29) is 0 Å². The van der Waals surface area contributed by atoms with Gasteiger partial charge in [-0.15, -0.1) is 0 Å². The van der Waals surface area contributed by atoms with E-state index in [1.165, 1.54) is 31.9 Å². The summed E-state index contributed by atoms with van der Waals surface area (Å²) in [5.41, 5.74) is 6.93. The third-order valence-corrected chi connectivity index (χ3v) is 5.26. The highest BCUT2D eigenvalue weighted by molar-refractivity contribution is 7.90. The van der Waals surface area contributed by atoms with Gasteiger partial charge in [-0.2, -0.15) is 0 Å². The van der Waals surface area contributed by atoms with Crippen LogP contribution in [0.1, 0.15) is 31.2 Å². The van der Waals surface area contributed by atoms with E-state index in [1.54, 1.807) is 12.1 Å². The van der Waals surface area contributed by atoms with Crippen molar-refractivity contribution in [2.45, 2.75) is 43.2 Å². The highest BCUT2D eigenvalue weighted by atomic mass is 32.2. The molecule has 2 atom stereocenters. The largest absolute Gasteiger partial charge is 0.330 e. The molecule has 0 aromatic heterocycles. The second-order valence-corrected chi connectivity index (χ2v) is 7.70.